The molecule has 3 heteroatoms. The van der Waals surface area contributed by atoms with Gasteiger partial charge in [-0.05, 0) is 55.9 Å². The molecule has 2 aliphatic carbocycles. The molecule has 0 aliphatic heterocycles. The summed E-state index contributed by atoms with van der Waals surface area (Å²) in [7, 11) is 0. The molecule has 3 nitrogen and oxygen atoms in total. The van der Waals surface area contributed by atoms with Gasteiger partial charge in [0.05, 0.1) is 6.61 Å². The Morgan fingerprint density at radius 2 is 2.00 bits per heavy atom. The lowest BCUT2D eigenvalue weighted by molar-refractivity contribution is -0.115. The van der Waals surface area contributed by atoms with Crippen LogP contribution in [0.15, 0.2) is 23.5 Å². The number of hydrogen-bond acceptors (Lipinski definition) is 3. The van der Waals surface area contributed by atoms with Crippen LogP contribution in [0.4, 0.5) is 0 Å². The first-order valence-corrected chi connectivity index (χ1v) is 8.06. The van der Waals surface area contributed by atoms with Gasteiger partial charge in [0, 0.05) is 6.42 Å². The zero-order valence-corrected chi connectivity index (χ0v) is 12.4. The predicted molar refractivity (Wildman–Crippen MR) is 81.2 cm³/mol. The van der Waals surface area contributed by atoms with E-state index in [1.54, 1.807) is 0 Å². The molecule has 112 valence electrons. The zero-order valence-electron chi connectivity index (χ0n) is 12.4. The van der Waals surface area contributed by atoms with Gasteiger partial charge in [-0.1, -0.05) is 25.7 Å². The molecule has 1 saturated carbocycles. The van der Waals surface area contributed by atoms with Gasteiger partial charge in [0.15, 0.2) is 5.78 Å². The minimum Gasteiger partial charge on any atom is -0.494 e. The van der Waals surface area contributed by atoms with Gasteiger partial charge in [0.25, 0.3) is 0 Å². The minimum absolute atomic E-state index is 0.177. The largest absolute Gasteiger partial charge is 0.494 e. The molecule has 0 aromatic rings. The van der Waals surface area contributed by atoms with Crippen molar-refractivity contribution in [2.75, 3.05) is 13.2 Å². The van der Waals surface area contributed by atoms with Crippen LogP contribution < -0.4 is 5.73 Å². The van der Waals surface area contributed by atoms with Crippen LogP contribution in [0, 0.1) is 5.92 Å². The molecule has 2 aliphatic rings. The Hall–Kier alpha value is -1.09. The first kappa shape index (κ1) is 15.3. The Labute approximate surface area is 122 Å². The van der Waals surface area contributed by atoms with Crippen LogP contribution in [0.1, 0.15) is 57.8 Å². The molecule has 0 aromatic heterocycles. The molecule has 0 radical (unpaired) electrons. The van der Waals surface area contributed by atoms with Crippen LogP contribution in [0.2, 0.25) is 0 Å². The number of rotatable bonds is 6. The molecule has 20 heavy (non-hydrogen) atoms. The summed E-state index contributed by atoms with van der Waals surface area (Å²) < 4.78 is 5.94. The number of hydrogen-bond donors (Lipinski definition) is 1. The number of Topliss-reactive ketones (excluding diaryl/α,β-unsaturated/α-hetero) is 1. The zero-order chi connectivity index (χ0) is 14.2. The van der Waals surface area contributed by atoms with Crippen LogP contribution in [-0.4, -0.2) is 18.9 Å². The molecule has 0 atom stereocenters. The fourth-order valence-corrected chi connectivity index (χ4v) is 3.03. The lowest BCUT2D eigenvalue weighted by Crippen LogP contribution is -2.13. The summed E-state index contributed by atoms with van der Waals surface area (Å²) >= 11 is 0. The van der Waals surface area contributed by atoms with Gasteiger partial charge in [0.2, 0.25) is 0 Å². The number of carbonyl (C=O) groups excluding carboxylic acids is 1. The average molecular weight is 277 g/mol. The number of ether oxygens (including phenoxy) is 1. The van der Waals surface area contributed by atoms with Crippen molar-refractivity contribution in [2.24, 2.45) is 11.7 Å². The minimum atomic E-state index is 0.177. The van der Waals surface area contributed by atoms with Crippen molar-refractivity contribution < 1.29 is 9.53 Å². The Kier molecular flexibility index (Phi) is 6.31. The topological polar surface area (TPSA) is 52.3 Å². The van der Waals surface area contributed by atoms with E-state index in [1.807, 2.05) is 6.08 Å². The highest BCUT2D eigenvalue weighted by molar-refractivity contribution is 5.96. The highest BCUT2D eigenvalue weighted by Gasteiger charge is 2.16. The van der Waals surface area contributed by atoms with E-state index in [4.69, 9.17) is 10.5 Å². The van der Waals surface area contributed by atoms with Gasteiger partial charge in [0.1, 0.15) is 5.76 Å². The summed E-state index contributed by atoms with van der Waals surface area (Å²) in [6.45, 7) is 1.23. The van der Waals surface area contributed by atoms with Gasteiger partial charge in [-0.3, -0.25) is 4.79 Å². The number of allylic oxidation sites excluding steroid dienone is 3. The quantitative estimate of drug-likeness (QED) is 0.756. The standard InChI is InChI=1S/C17H27NO2/c18-11-10-17(19)15-8-5-9-16(12-15)20-13-14-6-3-1-2-4-7-14/h9,12,14H,1-8,10-11,13,18H2. The lowest BCUT2D eigenvalue weighted by Gasteiger charge is -2.18. The second-order valence-electron chi connectivity index (χ2n) is 5.95. The summed E-state index contributed by atoms with van der Waals surface area (Å²) in [4.78, 5) is 11.9. The smallest absolute Gasteiger partial charge is 0.160 e. The first-order chi connectivity index (χ1) is 9.79. The molecule has 0 saturated heterocycles. The predicted octanol–water partition coefficient (Wildman–Crippen LogP) is 3.50. The van der Waals surface area contributed by atoms with Crippen LogP contribution in [0.25, 0.3) is 0 Å². The van der Waals surface area contributed by atoms with Crippen molar-refractivity contribution in [3.63, 3.8) is 0 Å². The highest BCUT2D eigenvalue weighted by atomic mass is 16.5. The number of carbonyl (C=O) groups is 1. The van der Waals surface area contributed by atoms with Crippen LogP contribution in [0.5, 0.6) is 0 Å². The molecule has 1 fully saturated rings. The summed E-state index contributed by atoms with van der Waals surface area (Å²) in [5, 5.41) is 0. The Balaban J connectivity index is 1.82. The summed E-state index contributed by atoms with van der Waals surface area (Å²) in [6.07, 6.45) is 14.2. The first-order valence-electron chi connectivity index (χ1n) is 8.06. The van der Waals surface area contributed by atoms with Crippen molar-refractivity contribution in [2.45, 2.75) is 57.8 Å². The van der Waals surface area contributed by atoms with E-state index >= 15 is 0 Å². The second kappa shape index (κ2) is 8.25. The van der Waals surface area contributed by atoms with E-state index in [-0.39, 0.29) is 5.78 Å². The van der Waals surface area contributed by atoms with Crippen molar-refractivity contribution in [1.29, 1.82) is 0 Å². The van der Waals surface area contributed by atoms with Crippen LogP contribution >= 0.6 is 0 Å². The molecule has 0 amide bonds. The fraction of sp³-hybridized carbons (Fsp3) is 0.706. The molecular weight excluding hydrogens is 250 g/mol. The molecular formula is C17H27NO2. The molecule has 0 unspecified atom stereocenters. The van der Waals surface area contributed by atoms with Gasteiger partial charge >= 0.3 is 0 Å². The number of nitrogens with two attached hydrogens (primary N) is 1. The van der Waals surface area contributed by atoms with Crippen LogP contribution in [0.3, 0.4) is 0 Å². The van der Waals surface area contributed by atoms with Gasteiger partial charge in [-0.2, -0.15) is 0 Å². The van der Waals surface area contributed by atoms with E-state index in [0.717, 1.165) is 30.8 Å². The Morgan fingerprint density at radius 1 is 1.25 bits per heavy atom. The third kappa shape index (κ3) is 4.78. The maximum absolute atomic E-state index is 11.9. The average Bonchev–Trinajstić information content (AvgIpc) is 2.74. The van der Waals surface area contributed by atoms with Gasteiger partial charge < -0.3 is 10.5 Å². The molecule has 2 N–H and O–H groups in total. The summed E-state index contributed by atoms with van der Waals surface area (Å²) in [5.74, 6) is 1.76. The van der Waals surface area contributed by atoms with E-state index in [2.05, 4.69) is 6.08 Å². The SMILES string of the molecule is NCCC(=O)C1=CC(OCC2CCCCCC2)=CCC1. The fourth-order valence-electron chi connectivity index (χ4n) is 3.03. The summed E-state index contributed by atoms with van der Waals surface area (Å²) in [6, 6.07) is 0. The third-order valence-corrected chi connectivity index (χ3v) is 4.27. The maximum Gasteiger partial charge on any atom is 0.160 e. The molecule has 0 spiro atoms. The molecule has 2 rings (SSSR count). The van der Waals surface area contributed by atoms with Crippen molar-refractivity contribution in [1.82, 2.24) is 0 Å². The van der Waals surface area contributed by atoms with Gasteiger partial charge in [-0.25, -0.2) is 0 Å². The highest BCUT2D eigenvalue weighted by Crippen LogP contribution is 2.25. The third-order valence-electron chi connectivity index (χ3n) is 4.27. The number of ketones is 1. The van der Waals surface area contributed by atoms with E-state index in [0.29, 0.717) is 18.9 Å². The Bertz CT molecular complexity index is 376. The van der Waals surface area contributed by atoms with Crippen molar-refractivity contribution in [3.8, 4) is 0 Å². The van der Waals surface area contributed by atoms with E-state index < -0.39 is 0 Å². The maximum atomic E-state index is 11.9. The molecule has 0 heterocycles. The molecule has 0 bridgehead atoms. The normalized spacial score (nSPS) is 20.9. The second-order valence-corrected chi connectivity index (χ2v) is 5.95. The monoisotopic (exact) mass is 277 g/mol. The van der Waals surface area contributed by atoms with Gasteiger partial charge in [-0.15, -0.1) is 0 Å². The van der Waals surface area contributed by atoms with Crippen molar-refractivity contribution >= 4 is 5.78 Å². The van der Waals surface area contributed by atoms with Crippen molar-refractivity contribution in [3.05, 3.63) is 23.5 Å². The Morgan fingerprint density at radius 3 is 2.70 bits per heavy atom. The molecule has 0 aromatic carbocycles. The van der Waals surface area contributed by atoms with E-state index in [1.165, 1.54) is 38.5 Å². The summed E-state index contributed by atoms with van der Waals surface area (Å²) in [5.41, 5.74) is 6.33. The van der Waals surface area contributed by atoms with Crippen LogP contribution in [-0.2, 0) is 9.53 Å². The lowest BCUT2D eigenvalue weighted by atomic mass is 9.98. The van der Waals surface area contributed by atoms with E-state index in [9.17, 15) is 4.79 Å².